The molecule has 0 unspecified atom stereocenters. The lowest BCUT2D eigenvalue weighted by Crippen LogP contribution is -2.47. The second-order valence-corrected chi connectivity index (χ2v) is 8.40. The third kappa shape index (κ3) is 4.43. The number of fused-ring (bicyclic) bond motifs is 1. The molecule has 2 aliphatic rings. The van der Waals surface area contributed by atoms with Gasteiger partial charge in [-0.25, -0.2) is 4.98 Å². The van der Waals surface area contributed by atoms with E-state index in [4.69, 9.17) is 11.1 Å². The van der Waals surface area contributed by atoms with Crippen molar-refractivity contribution in [1.29, 1.82) is 5.41 Å². The molecule has 0 radical (unpaired) electrons. The lowest BCUT2D eigenvalue weighted by molar-refractivity contribution is -0.136. The van der Waals surface area contributed by atoms with Crippen molar-refractivity contribution in [1.82, 2.24) is 9.88 Å². The monoisotopic (exact) mass is 484 g/mol. The number of benzene rings is 1. The highest BCUT2D eigenvalue weighted by Gasteiger charge is 2.55. The number of anilines is 2. The summed E-state index contributed by atoms with van der Waals surface area (Å²) in [5.41, 5.74) is 5.67. The van der Waals surface area contributed by atoms with E-state index < -0.39 is 11.9 Å². The molecule has 2 aromatic rings. The van der Waals surface area contributed by atoms with Crippen molar-refractivity contribution in [3.63, 3.8) is 0 Å². The van der Waals surface area contributed by atoms with Gasteiger partial charge in [-0.15, -0.1) is 0 Å². The predicted molar refractivity (Wildman–Crippen MR) is 119 cm³/mol. The molecule has 31 heavy (non-hydrogen) atoms. The van der Waals surface area contributed by atoms with Crippen LogP contribution >= 0.6 is 15.9 Å². The van der Waals surface area contributed by atoms with Crippen LogP contribution in [-0.4, -0.2) is 51.9 Å². The van der Waals surface area contributed by atoms with Crippen molar-refractivity contribution in [2.45, 2.75) is 24.9 Å². The first-order valence-corrected chi connectivity index (χ1v) is 10.6. The van der Waals surface area contributed by atoms with Crippen molar-refractivity contribution in [3.8, 4) is 0 Å². The summed E-state index contributed by atoms with van der Waals surface area (Å²) in [6.07, 6.45) is 1.52. The number of amides is 3. The summed E-state index contributed by atoms with van der Waals surface area (Å²) >= 11 is 3.28. The van der Waals surface area contributed by atoms with Gasteiger partial charge in [-0.1, -0.05) is 24.3 Å². The van der Waals surface area contributed by atoms with Gasteiger partial charge in [-0.2, -0.15) is 0 Å². The largest absolute Gasteiger partial charge is 0.376 e. The first-order chi connectivity index (χ1) is 14.8. The quantitative estimate of drug-likeness (QED) is 0.349. The normalized spacial score (nSPS) is 21.2. The Kier molecular flexibility index (Phi) is 5.73. The van der Waals surface area contributed by atoms with Crippen molar-refractivity contribution >= 4 is 50.9 Å². The highest BCUT2D eigenvalue weighted by Crippen LogP contribution is 2.48. The number of aromatic nitrogens is 1. The summed E-state index contributed by atoms with van der Waals surface area (Å²) in [7, 11) is 0. The fourth-order valence-corrected chi connectivity index (χ4v) is 4.33. The lowest BCUT2D eigenvalue weighted by Gasteiger charge is -2.27. The maximum Gasteiger partial charge on any atom is 0.267 e. The minimum atomic E-state index is -0.848. The number of nitrogens with one attached hydrogen (secondary N) is 3. The molecule has 5 N–H and O–H groups in total. The van der Waals surface area contributed by atoms with E-state index in [-0.39, 0.29) is 30.1 Å². The number of para-hydroxylation sites is 1. The molecule has 1 aromatic heterocycles. The summed E-state index contributed by atoms with van der Waals surface area (Å²) in [5, 5.41) is 13.6. The second kappa shape index (κ2) is 8.46. The van der Waals surface area contributed by atoms with E-state index in [0.29, 0.717) is 34.0 Å². The van der Waals surface area contributed by atoms with Gasteiger partial charge < -0.3 is 21.3 Å². The number of likely N-dealkylation sites (tertiary alicyclic amines) is 1. The van der Waals surface area contributed by atoms with Crippen molar-refractivity contribution in [3.05, 3.63) is 52.6 Å². The lowest BCUT2D eigenvalue weighted by atomic mass is 10.1. The van der Waals surface area contributed by atoms with E-state index >= 15 is 0 Å². The summed E-state index contributed by atoms with van der Waals surface area (Å²) in [5.74, 6) is -0.566. The summed E-state index contributed by atoms with van der Waals surface area (Å²) < 4.78 is 0.608. The molecule has 1 aliphatic heterocycles. The molecule has 9 nitrogen and oxygen atoms in total. The number of rotatable bonds is 7. The van der Waals surface area contributed by atoms with Gasteiger partial charge in [0.05, 0.1) is 6.54 Å². The number of nitrogens with two attached hydrogens (primary N) is 1. The molecule has 1 saturated carbocycles. The molecule has 2 heterocycles. The zero-order valence-electron chi connectivity index (χ0n) is 16.5. The fourth-order valence-electron chi connectivity index (χ4n) is 3.99. The van der Waals surface area contributed by atoms with Gasteiger partial charge in [0.2, 0.25) is 11.8 Å². The molecule has 3 atom stereocenters. The topological polar surface area (TPSA) is 141 Å². The Labute approximate surface area is 187 Å². The maximum atomic E-state index is 13.0. The van der Waals surface area contributed by atoms with Gasteiger partial charge in [-0.3, -0.25) is 19.8 Å². The average molecular weight is 485 g/mol. The number of primary amides is 1. The number of carbonyl (C=O) groups excluding carboxylic acids is 3. The highest BCUT2D eigenvalue weighted by molar-refractivity contribution is 9.10. The molecule has 10 heteroatoms. The first kappa shape index (κ1) is 21.0. The van der Waals surface area contributed by atoms with E-state index in [2.05, 4.69) is 31.5 Å². The standard InChI is InChI=1S/C21H21BrN6O3/c22-16-6-3-7-17(26-16)27-21(31)15-9-11-8-14(11)28(15)18(29)10-25-13-5-2-1-4-12(13)19(23)20(24)30/h1-7,11,14-15,23,25H,8-10H2,(H2,24,30)(H,26,27,31)/t11-,14-,15+/m1/s1. The molecule has 0 bridgehead atoms. The van der Waals surface area contributed by atoms with Gasteiger partial charge in [0, 0.05) is 17.3 Å². The van der Waals surface area contributed by atoms with Gasteiger partial charge in [0.1, 0.15) is 22.2 Å². The van der Waals surface area contributed by atoms with Crippen LogP contribution in [0.3, 0.4) is 0 Å². The van der Waals surface area contributed by atoms with Crippen LogP contribution in [0.15, 0.2) is 47.1 Å². The van der Waals surface area contributed by atoms with Gasteiger partial charge >= 0.3 is 0 Å². The SMILES string of the molecule is N=C(C(N)=O)c1ccccc1NCC(=O)N1[C@@H]2C[C@@H]2C[C@H]1C(=O)Nc1cccc(Br)n1. The number of nitrogens with zero attached hydrogens (tertiary/aromatic N) is 2. The third-order valence-electron chi connectivity index (χ3n) is 5.53. The van der Waals surface area contributed by atoms with Crippen LogP contribution in [0, 0.1) is 11.3 Å². The van der Waals surface area contributed by atoms with E-state index in [0.717, 1.165) is 6.42 Å². The smallest absolute Gasteiger partial charge is 0.267 e. The maximum absolute atomic E-state index is 13.0. The van der Waals surface area contributed by atoms with Crippen LogP contribution in [-0.2, 0) is 14.4 Å². The van der Waals surface area contributed by atoms with Crippen LogP contribution in [0.2, 0.25) is 0 Å². The predicted octanol–water partition coefficient (Wildman–Crippen LogP) is 1.74. The first-order valence-electron chi connectivity index (χ1n) is 9.81. The molecule has 1 saturated heterocycles. The highest BCUT2D eigenvalue weighted by atomic mass is 79.9. The van der Waals surface area contributed by atoms with Crippen LogP contribution in [0.1, 0.15) is 18.4 Å². The van der Waals surface area contributed by atoms with Crippen molar-refractivity contribution < 1.29 is 14.4 Å². The molecular formula is C21H21BrN6O3. The van der Waals surface area contributed by atoms with Crippen LogP contribution in [0.5, 0.6) is 0 Å². The van der Waals surface area contributed by atoms with E-state index in [1.165, 1.54) is 0 Å². The van der Waals surface area contributed by atoms with Gasteiger partial charge in [0.25, 0.3) is 5.91 Å². The Morgan fingerprint density at radius 3 is 2.68 bits per heavy atom. The van der Waals surface area contributed by atoms with Gasteiger partial charge in [-0.05, 0) is 52.9 Å². The Balaban J connectivity index is 1.44. The zero-order chi connectivity index (χ0) is 22.1. The van der Waals surface area contributed by atoms with E-state index in [1.54, 1.807) is 47.4 Å². The van der Waals surface area contributed by atoms with E-state index in [1.807, 2.05) is 0 Å². The molecule has 1 aromatic carbocycles. The Morgan fingerprint density at radius 1 is 1.16 bits per heavy atom. The number of halogens is 1. The molecular weight excluding hydrogens is 464 g/mol. The number of pyridine rings is 1. The average Bonchev–Trinajstić information content (AvgIpc) is 3.41. The van der Waals surface area contributed by atoms with Crippen LogP contribution < -0.4 is 16.4 Å². The zero-order valence-corrected chi connectivity index (χ0v) is 18.1. The fraction of sp³-hybridized carbons (Fsp3) is 0.286. The van der Waals surface area contributed by atoms with Gasteiger partial charge in [0.15, 0.2) is 0 Å². The molecule has 160 valence electrons. The molecule has 0 spiro atoms. The summed E-state index contributed by atoms with van der Waals surface area (Å²) in [6.45, 7) is -0.0643. The van der Waals surface area contributed by atoms with Crippen molar-refractivity contribution in [2.75, 3.05) is 17.2 Å². The molecule has 1 aliphatic carbocycles. The molecule has 3 amide bonds. The van der Waals surface area contributed by atoms with Crippen LogP contribution in [0.4, 0.5) is 11.5 Å². The van der Waals surface area contributed by atoms with Crippen molar-refractivity contribution in [2.24, 2.45) is 11.7 Å². The Hall–Kier alpha value is -3.27. The molecule has 4 rings (SSSR count). The second-order valence-electron chi connectivity index (χ2n) is 7.59. The van der Waals surface area contributed by atoms with E-state index in [9.17, 15) is 14.4 Å². The minimum absolute atomic E-state index is 0.0643. The number of hydrogen-bond acceptors (Lipinski definition) is 6. The summed E-state index contributed by atoms with van der Waals surface area (Å²) in [6, 6.07) is 11.4. The Morgan fingerprint density at radius 2 is 1.94 bits per heavy atom. The Bertz CT molecular complexity index is 1070. The third-order valence-corrected chi connectivity index (χ3v) is 5.98. The number of hydrogen-bond donors (Lipinski definition) is 4. The summed E-state index contributed by atoms with van der Waals surface area (Å²) in [4.78, 5) is 43.1. The minimum Gasteiger partial charge on any atom is -0.376 e. The number of carbonyl (C=O) groups is 3. The molecule has 2 fully saturated rings. The van der Waals surface area contributed by atoms with Crippen LogP contribution in [0.25, 0.3) is 0 Å². The number of piperidine rings is 1.